The van der Waals surface area contributed by atoms with Gasteiger partial charge < -0.3 is 14.6 Å². The molecule has 0 aliphatic carbocycles. The highest BCUT2D eigenvalue weighted by Gasteiger charge is 2.02. The van der Waals surface area contributed by atoms with Crippen LogP contribution in [0.1, 0.15) is 32.3 Å². The van der Waals surface area contributed by atoms with Gasteiger partial charge in [-0.3, -0.25) is 0 Å². The van der Waals surface area contributed by atoms with Gasteiger partial charge in [-0.05, 0) is 31.0 Å². The monoisotopic (exact) mass is 287 g/mol. The molecule has 0 aliphatic heterocycles. The van der Waals surface area contributed by atoms with E-state index in [-0.39, 0.29) is 0 Å². The Labute approximate surface area is 127 Å². The predicted molar refractivity (Wildman–Crippen MR) is 85.4 cm³/mol. The molecule has 21 heavy (non-hydrogen) atoms. The molecule has 0 fully saturated rings. The Hall–Kier alpha value is -1.81. The Kier molecular flexibility index (Phi) is 6.28. The van der Waals surface area contributed by atoms with Gasteiger partial charge in [-0.1, -0.05) is 25.5 Å². The number of nitrogens with zero attached hydrogens (tertiary/aromatic N) is 2. The molecule has 4 nitrogen and oxygen atoms in total. The van der Waals surface area contributed by atoms with Crippen molar-refractivity contribution >= 4 is 0 Å². The van der Waals surface area contributed by atoms with Crippen LogP contribution >= 0.6 is 0 Å². The molecule has 1 aromatic heterocycles. The van der Waals surface area contributed by atoms with Crippen molar-refractivity contribution in [3.05, 3.63) is 48.5 Å². The van der Waals surface area contributed by atoms with Crippen LogP contribution in [0.4, 0.5) is 0 Å². The van der Waals surface area contributed by atoms with Gasteiger partial charge in [-0.25, -0.2) is 4.98 Å². The number of aromatic nitrogens is 2. The van der Waals surface area contributed by atoms with Gasteiger partial charge in [0.25, 0.3) is 0 Å². The SMILES string of the molecule is CCCCOc1ccc(CNC(C)Cn2ccnc2)cc1. The molecule has 0 aliphatic rings. The Morgan fingerprint density at radius 1 is 1.29 bits per heavy atom. The zero-order valence-corrected chi connectivity index (χ0v) is 13.0. The molecule has 0 radical (unpaired) electrons. The molecule has 2 rings (SSSR count). The second-order valence-corrected chi connectivity index (χ2v) is 5.39. The van der Waals surface area contributed by atoms with Crippen LogP contribution in [-0.4, -0.2) is 22.2 Å². The van der Waals surface area contributed by atoms with Crippen LogP contribution in [0.2, 0.25) is 0 Å². The summed E-state index contributed by atoms with van der Waals surface area (Å²) in [6.45, 7) is 6.95. The molecular formula is C17H25N3O. The summed E-state index contributed by atoms with van der Waals surface area (Å²) in [5.74, 6) is 0.957. The normalized spacial score (nSPS) is 12.3. The summed E-state index contributed by atoms with van der Waals surface area (Å²) in [6, 6.07) is 8.75. The molecule has 114 valence electrons. The fourth-order valence-electron chi connectivity index (χ4n) is 2.11. The lowest BCUT2D eigenvalue weighted by molar-refractivity contribution is 0.309. The van der Waals surface area contributed by atoms with E-state index in [1.54, 1.807) is 0 Å². The minimum absolute atomic E-state index is 0.402. The maximum atomic E-state index is 5.67. The quantitative estimate of drug-likeness (QED) is 0.720. The van der Waals surface area contributed by atoms with Gasteiger partial charge in [-0.15, -0.1) is 0 Å². The summed E-state index contributed by atoms with van der Waals surface area (Å²) >= 11 is 0. The molecule has 2 aromatic rings. The minimum Gasteiger partial charge on any atom is -0.494 e. The predicted octanol–water partition coefficient (Wildman–Crippen LogP) is 3.24. The first-order valence-electron chi connectivity index (χ1n) is 7.69. The largest absolute Gasteiger partial charge is 0.494 e. The standard InChI is InChI=1S/C17H25N3O/c1-3-4-11-21-17-7-5-16(6-8-17)12-19-15(2)13-20-10-9-18-14-20/h5-10,14-15,19H,3-4,11-13H2,1-2H3. The van der Waals surface area contributed by atoms with Crippen molar-refractivity contribution < 1.29 is 4.74 Å². The maximum Gasteiger partial charge on any atom is 0.119 e. The van der Waals surface area contributed by atoms with E-state index in [9.17, 15) is 0 Å². The van der Waals surface area contributed by atoms with Crippen molar-refractivity contribution in [1.29, 1.82) is 0 Å². The molecule has 1 unspecified atom stereocenters. The van der Waals surface area contributed by atoms with Gasteiger partial charge in [0.15, 0.2) is 0 Å². The fourth-order valence-corrected chi connectivity index (χ4v) is 2.11. The molecule has 0 bridgehead atoms. The van der Waals surface area contributed by atoms with Crippen LogP contribution in [0.5, 0.6) is 5.75 Å². The van der Waals surface area contributed by atoms with Gasteiger partial charge in [0, 0.05) is 31.5 Å². The van der Waals surface area contributed by atoms with E-state index in [0.29, 0.717) is 6.04 Å². The molecular weight excluding hydrogens is 262 g/mol. The number of benzene rings is 1. The average Bonchev–Trinajstić information content (AvgIpc) is 2.99. The second-order valence-electron chi connectivity index (χ2n) is 5.39. The topological polar surface area (TPSA) is 39.1 Å². The number of imidazole rings is 1. The van der Waals surface area contributed by atoms with E-state index < -0.39 is 0 Å². The van der Waals surface area contributed by atoms with Crippen LogP contribution in [0, 0.1) is 0 Å². The van der Waals surface area contributed by atoms with E-state index in [2.05, 4.69) is 40.8 Å². The van der Waals surface area contributed by atoms with Crippen molar-refractivity contribution in [2.24, 2.45) is 0 Å². The van der Waals surface area contributed by atoms with Crippen molar-refractivity contribution in [3.8, 4) is 5.75 Å². The van der Waals surface area contributed by atoms with Crippen LogP contribution in [0.3, 0.4) is 0 Å². The molecule has 0 amide bonds. The summed E-state index contributed by atoms with van der Waals surface area (Å²) in [5, 5.41) is 3.52. The molecule has 0 spiro atoms. The number of hydrogen-bond donors (Lipinski definition) is 1. The first-order chi connectivity index (χ1) is 10.3. The van der Waals surface area contributed by atoms with Gasteiger partial charge in [0.2, 0.25) is 0 Å². The third-order valence-electron chi connectivity index (χ3n) is 3.39. The van der Waals surface area contributed by atoms with Crippen molar-refractivity contribution in [2.75, 3.05) is 6.61 Å². The van der Waals surface area contributed by atoms with E-state index in [1.165, 1.54) is 5.56 Å². The smallest absolute Gasteiger partial charge is 0.119 e. The van der Waals surface area contributed by atoms with Crippen LogP contribution in [0.15, 0.2) is 43.0 Å². The third-order valence-corrected chi connectivity index (χ3v) is 3.39. The number of rotatable bonds is 9. The highest BCUT2D eigenvalue weighted by Crippen LogP contribution is 2.12. The van der Waals surface area contributed by atoms with Crippen molar-refractivity contribution in [3.63, 3.8) is 0 Å². The molecule has 1 heterocycles. The van der Waals surface area contributed by atoms with Crippen LogP contribution < -0.4 is 10.1 Å². The first kappa shape index (κ1) is 15.6. The van der Waals surface area contributed by atoms with Crippen LogP contribution in [-0.2, 0) is 13.1 Å². The van der Waals surface area contributed by atoms with E-state index in [4.69, 9.17) is 4.74 Å². The summed E-state index contributed by atoms with van der Waals surface area (Å²) in [4.78, 5) is 4.06. The summed E-state index contributed by atoms with van der Waals surface area (Å²) in [5.41, 5.74) is 1.27. The molecule has 1 atom stereocenters. The Bertz CT molecular complexity index is 493. The zero-order valence-electron chi connectivity index (χ0n) is 13.0. The van der Waals surface area contributed by atoms with E-state index in [0.717, 1.165) is 38.3 Å². The number of unbranched alkanes of at least 4 members (excludes halogenated alkanes) is 1. The molecule has 0 saturated carbocycles. The third kappa shape index (κ3) is 5.60. The van der Waals surface area contributed by atoms with Crippen molar-refractivity contribution in [1.82, 2.24) is 14.9 Å². The summed E-state index contributed by atoms with van der Waals surface area (Å²) in [7, 11) is 0. The van der Waals surface area contributed by atoms with Gasteiger partial charge in [-0.2, -0.15) is 0 Å². The Morgan fingerprint density at radius 3 is 2.76 bits per heavy atom. The average molecular weight is 287 g/mol. The van der Waals surface area contributed by atoms with Gasteiger partial charge in [0.05, 0.1) is 12.9 Å². The van der Waals surface area contributed by atoms with Crippen LogP contribution in [0.25, 0.3) is 0 Å². The number of nitrogens with one attached hydrogen (secondary N) is 1. The Balaban J connectivity index is 1.72. The summed E-state index contributed by atoms with van der Waals surface area (Å²) < 4.78 is 7.75. The van der Waals surface area contributed by atoms with E-state index >= 15 is 0 Å². The Morgan fingerprint density at radius 2 is 2.10 bits per heavy atom. The van der Waals surface area contributed by atoms with Crippen molar-refractivity contribution in [2.45, 2.75) is 45.8 Å². The maximum absolute atomic E-state index is 5.67. The highest BCUT2D eigenvalue weighted by atomic mass is 16.5. The summed E-state index contributed by atoms with van der Waals surface area (Å²) in [6.07, 6.45) is 7.91. The van der Waals surface area contributed by atoms with Gasteiger partial charge >= 0.3 is 0 Å². The second kappa shape index (κ2) is 8.47. The lowest BCUT2D eigenvalue weighted by atomic mass is 10.2. The lowest BCUT2D eigenvalue weighted by Gasteiger charge is -2.14. The zero-order chi connectivity index (χ0) is 14.9. The van der Waals surface area contributed by atoms with E-state index in [1.807, 2.05) is 30.9 Å². The first-order valence-corrected chi connectivity index (χ1v) is 7.69. The number of ether oxygens (including phenoxy) is 1. The molecule has 1 N–H and O–H groups in total. The minimum atomic E-state index is 0.402. The molecule has 0 saturated heterocycles. The molecule has 1 aromatic carbocycles. The van der Waals surface area contributed by atoms with Gasteiger partial charge in [0.1, 0.15) is 5.75 Å². The number of hydrogen-bond acceptors (Lipinski definition) is 3. The molecule has 4 heteroatoms. The highest BCUT2D eigenvalue weighted by molar-refractivity contribution is 5.27. The fraction of sp³-hybridized carbons (Fsp3) is 0.471. The lowest BCUT2D eigenvalue weighted by Crippen LogP contribution is -2.29.